The van der Waals surface area contributed by atoms with Gasteiger partial charge in [-0.15, -0.1) is 0 Å². The van der Waals surface area contributed by atoms with E-state index in [1.165, 1.54) is 17.4 Å². The maximum Gasteiger partial charge on any atom is 0.211 e. The molecule has 19 heavy (non-hydrogen) atoms. The van der Waals surface area contributed by atoms with Gasteiger partial charge >= 0.3 is 0 Å². The molecule has 0 aliphatic carbocycles. The lowest BCUT2D eigenvalue weighted by atomic mass is 9.91. The van der Waals surface area contributed by atoms with Gasteiger partial charge in [-0.25, -0.2) is 12.7 Å². The van der Waals surface area contributed by atoms with Crippen molar-refractivity contribution in [1.82, 2.24) is 4.31 Å². The number of benzene rings is 1. The molecule has 0 amide bonds. The van der Waals surface area contributed by atoms with E-state index in [4.69, 9.17) is 0 Å². The van der Waals surface area contributed by atoms with Crippen LogP contribution in [-0.2, 0) is 16.4 Å². The largest absolute Gasteiger partial charge is 0.213 e. The van der Waals surface area contributed by atoms with Crippen LogP contribution in [0.5, 0.6) is 0 Å². The quantitative estimate of drug-likeness (QED) is 0.850. The molecule has 0 N–H and O–H groups in total. The van der Waals surface area contributed by atoms with Gasteiger partial charge < -0.3 is 0 Å². The van der Waals surface area contributed by atoms with Crippen LogP contribution in [0.4, 0.5) is 0 Å². The smallest absolute Gasteiger partial charge is 0.211 e. The van der Waals surface area contributed by atoms with E-state index in [9.17, 15) is 8.42 Å². The van der Waals surface area contributed by atoms with E-state index < -0.39 is 10.0 Å². The predicted molar refractivity (Wildman–Crippen MR) is 78.6 cm³/mol. The summed E-state index contributed by atoms with van der Waals surface area (Å²) in [6.45, 7) is 3.53. The fourth-order valence-corrected chi connectivity index (χ4v) is 3.76. The Morgan fingerprint density at radius 3 is 2.74 bits per heavy atom. The fourth-order valence-electron chi connectivity index (χ4n) is 2.81. The Labute approximate surface area is 116 Å². The molecule has 0 unspecified atom stereocenters. The molecule has 0 bridgehead atoms. The van der Waals surface area contributed by atoms with Gasteiger partial charge in [0.1, 0.15) is 0 Å². The number of aryl methyl sites for hydroxylation is 2. The molecule has 2 rings (SSSR count). The van der Waals surface area contributed by atoms with Crippen molar-refractivity contribution < 1.29 is 8.42 Å². The van der Waals surface area contributed by atoms with Crippen LogP contribution in [0.25, 0.3) is 0 Å². The summed E-state index contributed by atoms with van der Waals surface area (Å²) in [6, 6.07) is 8.45. The van der Waals surface area contributed by atoms with Crippen LogP contribution in [0.15, 0.2) is 24.3 Å². The number of piperidine rings is 1. The van der Waals surface area contributed by atoms with E-state index in [1.54, 1.807) is 4.31 Å². The average Bonchev–Trinajstić information content (AvgIpc) is 2.37. The molecule has 4 heteroatoms. The third-order valence-electron chi connectivity index (χ3n) is 4.03. The summed E-state index contributed by atoms with van der Waals surface area (Å²) in [6.07, 6.45) is 5.59. The maximum atomic E-state index is 11.6. The highest BCUT2D eigenvalue weighted by Gasteiger charge is 2.25. The second-order valence-electron chi connectivity index (χ2n) is 5.59. The predicted octanol–water partition coefficient (Wildman–Crippen LogP) is 2.60. The third kappa shape index (κ3) is 4.05. The van der Waals surface area contributed by atoms with Gasteiger partial charge in [0.25, 0.3) is 0 Å². The maximum absolute atomic E-state index is 11.6. The van der Waals surface area contributed by atoms with Crippen LogP contribution in [-0.4, -0.2) is 32.1 Å². The van der Waals surface area contributed by atoms with Crippen molar-refractivity contribution in [1.29, 1.82) is 0 Å². The van der Waals surface area contributed by atoms with Gasteiger partial charge in [0, 0.05) is 13.1 Å². The zero-order chi connectivity index (χ0) is 13.9. The first-order valence-electron chi connectivity index (χ1n) is 6.96. The molecule has 0 aromatic heterocycles. The zero-order valence-electron chi connectivity index (χ0n) is 11.8. The van der Waals surface area contributed by atoms with E-state index in [1.807, 2.05) is 0 Å². The molecule has 0 saturated carbocycles. The van der Waals surface area contributed by atoms with Crippen LogP contribution in [0.2, 0.25) is 0 Å². The van der Waals surface area contributed by atoms with Gasteiger partial charge in [0.2, 0.25) is 10.0 Å². The Bertz CT molecular complexity index is 525. The third-order valence-corrected chi connectivity index (χ3v) is 5.30. The summed E-state index contributed by atoms with van der Waals surface area (Å²) in [5.74, 6) is 0.503. The minimum absolute atomic E-state index is 0.503. The molecule has 0 spiro atoms. The van der Waals surface area contributed by atoms with Crippen LogP contribution < -0.4 is 0 Å². The van der Waals surface area contributed by atoms with E-state index >= 15 is 0 Å². The Balaban J connectivity index is 1.92. The monoisotopic (exact) mass is 281 g/mol. The minimum atomic E-state index is -3.02. The van der Waals surface area contributed by atoms with Crippen LogP contribution in [0, 0.1) is 12.8 Å². The lowest BCUT2D eigenvalue weighted by Crippen LogP contribution is -2.39. The molecule has 1 saturated heterocycles. The Morgan fingerprint density at radius 1 is 1.32 bits per heavy atom. The summed E-state index contributed by atoms with van der Waals surface area (Å²) in [5, 5.41) is 0. The molecule has 1 fully saturated rings. The highest BCUT2D eigenvalue weighted by molar-refractivity contribution is 7.88. The van der Waals surface area contributed by atoms with E-state index in [0.717, 1.165) is 25.7 Å². The molecular formula is C15H23NO2S. The number of hydrogen-bond acceptors (Lipinski definition) is 2. The first-order chi connectivity index (χ1) is 8.97. The standard InChI is InChI=1S/C15H23NO2S/c1-13-6-3-4-8-15(13)10-9-14-7-5-11-16(12-14)19(2,17)18/h3-4,6,8,14H,5,7,9-12H2,1-2H3/t14-/m0/s1. The first-order valence-corrected chi connectivity index (χ1v) is 8.81. The molecule has 0 radical (unpaired) electrons. The summed E-state index contributed by atoms with van der Waals surface area (Å²) in [5.41, 5.74) is 2.72. The second-order valence-corrected chi connectivity index (χ2v) is 7.58. The highest BCUT2D eigenvalue weighted by atomic mass is 32.2. The SMILES string of the molecule is Cc1ccccc1CC[C@@H]1CCCN(S(C)(=O)=O)C1. The van der Waals surface area contributed by atoms with Gasteiger partial charge in [-0.1, -0.05) is 24.3 Å². The highest BCUT2D eigenvalue weighted by Crippen LogP contribution is 2.23. The Kier molecular flexibility index (Phi) is 4.63. The number of sulfonamides is 1. The van der Waals surface area contributed by atoms with Crippen LogP contribution in [0.3, 0.4) is 0 Å². The zero-order valence-corrected chi connectivity index (χ0v) is 12.6. The van der Waals surface area contributed by atoms with Crippen LogP contribution in [0.1, 0.15) is 30.4 Å². The number of hydrogen-bond donors (Lipinski definition) is 0. The normalized spacial score (nSPS) is 21.5. The molecular weight excluding hydrogens is 258 g/mol. The molecule has 1 heterocycles. The molecule has 3 nitrogen and oxygen atoms in total. The average molecular weight is 281 g/mol. The summed E-state index contributed by atoms with van der Waals surface area (Å²) in [4.78, 5) is 0. The van der Waals surface area contributed by atoms with E-state index in [2.05, 4.69) is 31.2 Å². The lowest BCUT2D eigenvalue weighted by Gasteiger charge is -2.31. The second kappa shape index (κ2) is 6.06. The summed E-state index contributed by atoms with van der Waals surface area (Å²) >= 11 is 0. The van der Waals surface area contributed by atoms with Gasteiger partial charge in [0.15, 0.2) is 0 Å². The van der Waals surface area contributed by atoms with E-state index in [0.29, 0.717) is 19.0 Å². The Hall–Kier alpha value is -0.870. The first kappa shape index (κ1) is 14.5. The molecule has 1 atom stereocenters. The van der Waals surface area contributed by atoms with Crippen molar-refractivity contribution in [2.24, 2.45) is 5.92 Å². The van der Waals surface area contributed by atoms with Crippen molar-refractivity contribution in [2.75, 3.05) is 19.3 Å². The minimum Gasteiger partial charge on any atom is -0.213 e. The van der Waals surface area contributed by atoms with Gasteiger partial charge in [-0.2, -0.15) is 0 Å². The summed E-state index contributed by atoms with van der Waals surface area (Å²) in [7, 11) is -3.02. The van der Waals surface area contributed by atoms with Crippen molar-refractivity contribution >= 4 is 10.0 Å². The van der Waals surface area contributed by atoms with Gasteiger partial charge in [-0.3, -0.25) is 0 Å². The van der Waals surface area contributed by atoms with Crippen LogP contribution >= 0.6 is 0 Å². The van der Waals surface area contributed by atoms with Crippen molar-refractivity contribution in [3.05, 3.63) is 35.4 Å². The van der Waals surface area contributed by atoms with E-state index in [-0.39, 0.29) is 0 Å². The van der Waals surface area contributed by atoms with Crippen molar-refractivity contribution in [3.8, 4) is 0 Å². The van der Waals surface area contributed by atoms with Crippen molar-refractivity contribution in [2.45, 2.75) is 32.6 Å². The lowest BCUT2D eigenvalue weighted by molar-refractivity contribution is 0.257. The Morgan fingerprint density at radius 2 is 2.05 bits per heavy atom. The van der Waals surface area contributed by atoms with Gasteiger partial charge in [-0.05, 0) is 49.7 Å². The molecule has 1 aromatic rings. The number of rotatable bonds is 4. The molecule has 1 aliphatic heterocycles. The van der Waals surface area contributed by atoms with Crippen molar-refractivity contribution in [3.63, 3.8) is 0 Å². The molecule has 106 valence electrons. The molecule has 1 aromatic carbocycles. The summed E-state index contributed by atoms with van der Waals surface area (Å²) < 4.78 is 24.8. The van der Waals surface area contributed by atoms with Gasteiger partial charge in [0.05, 0.1) is 6.26 Å². The topological polar surface area (TPSA) is 37.4 Å². The fraction of sp³-hybridized carbons (Fsp3) is 0.600. The molecule has 1 aliphatic rings. The number of nitrogens with zero attached hydrogens (tertiary/aromatic N) is 1.